The third-order valence-corrected chi connectivity index (χ3v) is 5.05. The van der Waals surface area contributed by atoms with Crippen LogP contribution in [-0.2, 0) is 16.6 Å². The van der Waals surface area contributed by atoms with Gasteiger partial charge in [0, 0.05) is 4.88 Å². The second-order valence-electron chi connectivity index (χ2n) is 3.90. The second-order valence-corrected chi connectivity index (χ2v) is 6.89. The standard InChI is InChI=1S/C10H11N3O5S2/c1-5-8(3-7(19-5)10(14)15)20(16,17)11-4-9-12-6(2)13-18-9/h3,11H,4H2,1-2H3,(H,14,15). The molecule has 0 bridgehead atoms. The summed E-state index contributed by atoms with van der Waals surface area (Å²) in [6.45, 7) is 3.01. The molecule has 0 aliphatic rings. The highest BCUT2D eigenvalue weighted by atomic mass is 32.2. The van der Waals surface area contributed by atoms with Crippen molar-refractivity contribution in [3.8, 4) is 0 Å². The van der Waals surface area contributed by atoms with Crippen molar-refractivity contribution in [1.82, 2.24) is 14.9 Å². The first-order valence-electron chi connectivity index (χ1n) is 5.42. The number of aromatic nitrogens is 2. The average molecular weight is 317 g/mol. The van der Waals surface area contributed by atoms with Crippen molar-refractivity contribution >= 4 is 27.3 Å². The summed E-state index contributed by atoms with van der Waals surface area (Å²) >= 11 is 0.905. The maximum atomic E-state index is 12.1. The summed E-state index contributed by atoms with van der Waals surface area (Å²) in [6, 6.07) is 1.13. The van der Waals surface area contributed by atoms with Crippen molar-refractivity contribution in [2.75, 3.05) is 0 Å². The van der Waals surface area contributed by atoms with Gasteiger partial charge in [0.05, 0.1) is 11.4 Å². The van der Waals surface area contributed by atoms with Gasteiger partial charge in [-0.25, -0.2) is 17.9 Å². The van der Waals surface area contributed by atoms with Gasteiger partial charge >= 0.3 is 5.97 Å². The molecular weight excluding hydrogens is 306 g/mol. The van der Waals surface area contributed by atoms with Gasteiger partial charge in [-0.1, -0.05) is 5.16 Å². The van der Waals surface area contributed by atoms with Crippen LogP contribution in [0.3, 0.4) is 0 Å². The van der Waals surface area contributed by atoms with E-state index in [9.17, 15) is 13.2 Å². The van der Waals surface area contributed by atoms with Gasteiger partial charge in [0.25, 0.3) is 0 Å². The lowest BCUT2D eigenvalue weighted by atomic mass is 10.4. The molecule has 20 heavy (non-hydrogen) atoms. The minimum atomic E-state index is -3.82. The average Bonchev–Trinajstić information content (AvgIpc) is 2.93. The summed E-state index contributed by atoms with van der Waals surface area (Å²) < 4.78 is 31.2. The van der Waals surface area contributed by atoms with Crippen molar-refractivity contribution in [1.29, 1.82) is 0 Å². The minimum Gasteiger partial charge on any atom is -0.477 e. The second kappa shape index (κ2) is 5.31. The van der Waals surface area contributed by atoms with E-state index in [1.807, 2.05) is 0 Å². The van der Waals surface area contributed by atoms with E-state index in [-0.39, 0.29) is 22.2 Å². The first-order valence-corrected chi connectivity index (χ1v) is 7.72. The SMILES string of the molecule is Cc1noc(CNS(=O)(=O)c2cc(C(=O)O)sc2C)n1. The number of nitrogens with zero attached hydrogens (tertiary/aromatic N) is 2. The van der Waals surface area contributed by atoms with Crippen LogP contribution in [0.25, 0.3) is 0 Å². The van der Waals surface area contributed by atoms with Crippen molar-refractivity contribution in [3.05, 3.63) is 27.5 Å². The van der Waals surface area contributed by atoms with E-state index in [4.69, 9.17) is 9.63 Å². The molecule has 10 heteroatoms. The molecule has 0 radical (unpaired) electrons. The van der Waals surface area contributed by atoms with Gasteiger partial charge in [0.15, 0.2) is 5.82 Å². The largest absolute Gasteiger partial charge is 0.477 e. The molecule has 2 heterocycles. The lowest BCUT2D eigenvalue weighted by molar-refractivity contribution is 0.0702. The predicted octanol–water partition coefficient (Wildman–Crippen LogP) is 0.925. The van der Waals surface area contributed by atoms with E-state index in [1.54, 1.807) is 13.8 Å². The zero-order chi connectivity index (χ0) is 14.9. The first-order chi connectivity index (χ1) is 9.29. The molecule has 0 fully saturated rings. The molecule has 0 saturated carbocycles. The third-order valence-electron chi connectivity index (χ3n) is 2.36. The van der Waals surface area contributed by atoms with Crippen LogP contribution in [-0.4, -0.2) is 29.6 Å². The summed E-state index contributed by atoms with van der Waals surface area (Å²) in [5.41, 5.74) is 0. The molecule has 2 N–H and O–H groups in total. The number of nitrogens with one attached hydrogen (secondary N) is 1. The lowest BCUT2D eigenvalue weighted by Gasteiger charge is -2.03. The highest BCUT2D eigenvalue weighted by molar-refractivity contribution is 7.89. The van der Waals surface area contributed by atoms with Crippen LogP contribution in [0.15, 0.2) is 15.5 Å². The Hall–Kier alpha value is -1.78. The van der Waals surface area contributed by atoms with Crippen molar-refractivity contribution < 1.29 is 22.8 Å². The number of aromatic carboxylic acids is 1. The van der Waals surface area contributed by atoms with E-state index < -0.39 is 16.0 Å². The van der Waals surface area contributed by atoms with Crippen LogP contribution in [0.2, 0.25) is 0 Å². The maximum Gasteiger partial charge on any atom is 0.345 e. The number of hydrogen-bond acceptors (Lipinski definition) is 7. The molecule has 0 spiro atoms. The Morgan fingerprint density at radius 2 is 2.20 bits per heavy atom. The van der Waals surface area contributed by atoms with E-state index >= 15 is 0 Å². The van der Waals surface area contributed by atoms with Crippen LogP contribution in [0.5, 0.6) is 0 Å². The van der Waals surface area contributed by atoms with Gasteiger partial charge < -0.3 is 9.63 Å². The molecule has 2 rings (SSSR count). The number of rotatable bonds is 5. The van der Waals surface area contributed by atoms with Crippen LogP contribution < -0.4 is 4.72 Å². The van der Waals surface area contributed by atoms with Crippen LogP contribution in [0, 0.1) is 13.8 Å². The normalized spacial score (nSPS) is 11.7. The maximum absolute atomic E-state index is 12.1. The fourth-order valence-corrected chi connectivity index (χ4v) is 3.89. The Balaban J connectivity index is 2.20. The zero-order valence-corrected chi connectivity index (χ0v) is 12.2. The Morgan fingerprint density at radius 3 is 2.70 bits per heavy atom. The molecule has 0 aliphatic heterocycles. The number of aryl methyl sites for hydroxylation is 2. The van der Waals surface area contributed by atoms with Gasteiger partial charge in [0.2, 0.25) is 15.9 Å². The fourth-order valence-electron chi connectivity index (χ4n) is 1.48. The van der Waals surface area contributed by atoms with Gasteiger partial charge in [-0.3, -0.25) is 0 Å². The highest BCUT2D eigenvalue weighted by Gasteiger charge is 2.22. The molecule has 0 aliphatic carbocycles. The molecule has 2 aromatic rings. The lowest BCUT2D eigenvalue weighted by Crippen LogP contribution is -2.23. The summed E-state index contributed by atoms with van der Waals surface area (Å²) in [6.07, 6.45) is 0. The molecule has 0 aromatic carbocycles. The smallest absolute Gasteiger partial charge is 0.345 e. The number of thiophene rings is 1. The molecule has 0 unspecified atom stereocenters. The van der Waals surface area contributed by atoms with Gasteiger partial charge in [-0.05, 0) is 19.9 Å². The Bertz CT molecular complexity index is 747. The molecular formula is C10H11N3O5S2. The molecule has 108 valence electrons. The van der Waals surface area contributed by atoms with Crippen molar-refractivity contribution in [2.24, 2.45) is 0 Å². The zero-order valence-electron chi connectivity index (χ0n) is 10.6. The Kier molecular flexibility index (Phi) is 3.88. The minimum absolute atomic E-state index is 0.0310. The number of carboxylic acids is 1. The number of carbonyl (C=O) groups is 1. The first kappa shape index (κ1) is 14.6. The highest BCUT2D eigenvalue weighted by Crippen LogP contribution is 2.25. The summed E-state index contributed by atoms with van der Waals surface area (Å²) in [7, 11) is -3.82. The number of sulfonamides is 1. The van der Waals surface area contributed by atoms with E-state index in [1.165, 1.54) is 0 Å². The van der Waals surface area contributed by atoms with E-state index in [0.717, 1.165) is 17.4 Å². The number of carboxylic acid groups (broad SMARTS) is 1. The van der Waals surface area contributed by atoms with E-state index in [2.05, 4.69) is 14.9 Å². The summed E-state index contributed by atoms with van der Waals surface area (Å²) in [4.78, 5) is 15.0. The monoisotopic (exact) mass is 317 g/mol. The fraction of sp³-hybridized carbons (Fsp3) is 0.300. The Labute approximate surface area is 118 Å². The van der Waals surface area contributed by atoms with Crippen molar-refractivity contribution in [2.45, 2.75) is 25.3 Å². The van der Waals surface area contributed by atoms with Crippen LogP contribution in [0.1, 0.15) is 26.3 Å². The molecule has 0 atom stereocenters. The van der Waals surface area contributed by atoms with Gasteiger partial charge in [0.1, 0.15) is 4.88 Å². The number of hydrogen-bond donors (Lipinski definition) is 2. The summed E-state index contributed by atoms with van der Waals surface area (Å²) in [5.74, 6) is -0.622. The quantitative estimate of drug-likeness (QED) is 0.840. The topological polar surface area (TPSA) is 122 Å². The van der Waals surface area contributed by atoms with E-state index in [0.29, 0.717) is 10.7 Å². The third kappa shape index (κ3) is 3.03. The Morgan fingerprint density at radius 1 is 1.50 bits per heavy atom. The molecule has 0 amide bonds. The predicted molar refractivity (Wildman–Crippen MR) is 69.1 cm³/mol. The van der Waals surface area contributed by atoms with Crippen LogP contribution >= 0.6 is 11.3 Å². The molecule has 2 aromatic heterocycles. The van der Waals surface area contributed by atoms with Crippen LogP contribution in [0.4, 0.5) is 0 Å². The van der Waals surface area contributed by atoms with Gasteiger partial charge in [-0.15, -0.1) is 11.3 Å². The van der Waals surface area contributed by atoms with Gasteiger partial charge in [-0.2, -0.15) is 4.98 Å². The summed E-state index contributed by atoms with van der Waals surface area (Å²) in [5, 5.41) is 12.4. The molecule has 0 saturated heterocycles. The molecule has 8 nitrogen and oxygen atoms in total. The van der Waals surface area contributed by atoms with Crippen molar-refractivity contribution in [3.63, 3.8) is 0 Å².